The number of piperazine rings is 1. The predicted octanol–water partition coefficient (Wildman–Crippen LogP) is 6.57. The fraction of sp³-hybridized carbons (Fsp3) is 0.303. The second-order valence-electron chi connectivity index (χ2n) is 10.6. The number of aromatic nitrogens is 2. The second kappa shape index (κ2) is 13.1. The number of rotatable bonds is 8. The number of amides is 1. The molecule has 2 fully saturated rings. The maximum atomic E-state index is 13.4. The summed E-state index contributed by atoms with van der Waals surface area (Å²) in [5.41, 5.74) is 4.41. The summed E-state index contributed by atoms with van der Waals surface area (Å²) in [5.74, 6) is 1.71. The zero-order valence-electron chi connectivity index (χ0n) is 23.0. The number of halogens is 1. The Balaban J connectivity index is 1.06. The van der Waals surface area contributed by atoms with Crippen LogP contribution in [0.15, 0.2) is 96.2 Å². The van der Waals surface area contributed by atoms with Crippen LogP contribution < -0.4 is 4.90 Å². The van der Waals surface area contributed by atoms with E-state index in [1.807, 2.05) is 35.2 Å². The van der Waals surface area contributed by atoms with Crippen molar-refractivity contribution >= 4 is 35.1 Å². The van der Waals surface area contributed by atoms with Crippen molar-refractivity contribution in [3.63, 3.8) is 0 Å². The topological polar surface area (TPSA) is 52.6 Å². The van der Waals surface area contributed by atoms with E-state index < -0.39 is 0 Å². The molecule has 210 valence electrons. The average molecular weight is 584 g/mol. The largest absolute Gasteiger partial charge is 0.356 e. The third kappa shape index (κ3) is 6.75. The molecule has 0 N–H and O–H groups in total. The molecule has 8 heteroatoms. The van der Waals surface area contributed by atoms with Gasteiger partial charge in [-0.1, -0.05) is 96.2 Å². The standard InChI is InChI=1S/C33H34ClN5OS/c34-29-23-30(37-17-7-8-18-37)36-33(35-29)41-24-25-13-15-28(16-14-25)32(40)39-21-19-38(20-22-39)31(26-9-3-1-4-10-26)27-11-5-2-6-12-27/h1-6,9-16,23,31H,7-8,17-22,24H2. The van der Waals surface area contributed by atoms with Gasteiger partial charge in [-0.2, -0.15) is 0 Å². The lowest BCUT2D eigenvalue weighted by molar-refractivity contribution is 0.0597. The molecular formula is C33H34ClN5OS. The summed E-state index contributed by atoms with van der Waals surface area (Å²) in [6, 6.07) is 31.3. The molecule has 6 nitrogen and oxygen atoms in total. The third-order valence-corrected chi connectivity index (χ3v) is 8.97. The lowest BCUT2D eigenvalue weighted by Crippen LogP contribution is -2.49. The maximum absolute atomic E-state index is 13.4. The van der Waals surface area contributed by atoms with E-state index in [1.54, 1.807) is 11.8 Å². The average Bonchev–Trinajstić information content (AvgIpc) is 3.57. The zero-order valence-corrected chi connectivity index (χ0v) is 24.6. The van der Waals surface area contributed by atoms with Crippen molar-refractivity contribution in [2.45, 2.75) is 29.8 Å². The molecule has 3 aromatic carbocycles. The number of hydrogen-bond acceptors (Lipinski definition) is 6. The van der Waals surface area contributed by atoms with Crippen molar-refractivity contribution in [3.05, 3.63) is 118 Å². The molecule has 0 aliphatic carbocycles. The van der Waals surface area contributed by atoms with Crippen molar-refractivity contribution in [3.8, 4) is 0 Å². The van der Waals surface area contributed by atoms with Crippen molar-refractivity contribution in [2.24, 2.45) is 0 Å². The summed E-state index contributed by atoms with van der Waals surface area (Å²) in [6.45, 7) is 5.10. The van der Waals surface area contributed by atoms with E-state index in [4.69, 9.17) is 16.6 Å². The molecule has 2 aliphatic heterocycles. The van der Waals surface area contributed by atoms with Crippen LogP contribution in [0, 0.1) is 0 Å². The Labute approximate surface area is 251 Å². The minimum Gasteiger partial charge on any atom is -0.356 e. The molecule has 4 aromatic rings. The maximum Gasteiger partial charge on any atom is 0.253 e. The molecule has 2 aliphatic rings. The molecule has 1 amide bonds. The van der Waals surface area contributed by atoms with Gasteiger partial charge in [0.2, 0.25) is 0 Å². The molecule has 1 aromatic heterocycles. The van der Waals surface area contributed by atoms with Crippen LogP contribution in [0.1, 0.15) is 45.9 Å². The first kappa shape index (κ1) is 27.8. The van der Waals surface area contributed by atoms with Gasteiger partial charge in [-0.3, -0.25) is 9.69 Å². The Morgan fingerprint density at radius 1 is 0.780 bits per heavy atom. The Morgan fingerprint density at radius 3 is 2.00 bits per heavy atom. The molecular weight excluding hydrogens is 550 g/mol. The first-order valence-corrected chi connectivity index (χ1v) is 15.6. The van der Waals surface area contributed by atoms with Gasteiger partial charge in [-0.15, -0.1) is 0 Å². The van der Waals surface area contributed by atoms with Crippen molar-refractivity contribution in [2.75, 3.05) is 44.2 Å². The summed E-state index contributed by atoms with van der Waals surface area (Å²) in [6.07, 6.45) is 2.37. The lowest BCUT2D eigenvalue weighted by atomic mass is 9.96. The van der Waals surface area contributed by atoms with Crippen LogP contribution in [0.3, 0.4) is 0 Å². The number of anilines is 1. The third-order valence-electron chi connectivity index (χ3n) is 7.86. The monoisotopic (exact) mass is 583 g/mol. The summed E-state index contributed by atoms with van der Waals surface area (Å²) < 4.78 is 0. The Morgan fingerprint density at radius 2 is 1.39 bits per heavy atom. The van der Waals surface area contributed by atoms with Gasteiger partial charge >= 0.3 is 0 Å². The second-order valence-corrected chi connectivity index (χ2v) is 11.9. The highest BCUT2D eigenvalue weighted by Gasteiger charge is 2.28. The van der Waals surface area contributed by atoms with Gasteiger partial charge in [0.05, 0.1) is 6.04 Å². The van der Waals surface area contributed by atoms with E-state index in [2.05, 4.69) is 75.4 Å². The van der Waals surface area contributed by atoms with E-state index in [1.165, 1.54) is 24.0 Å². The van der Waals surface area contributed by atoms with E-state index in [0.717, 1.165) is 43.1 Å². The number of benzene rings is 3. The smallest absolute Gasteiger partial charge is 0.253 e. The Bertz CT molecular complexity index is 1400. The number of carbonyl (C=O) groups is 1. The molecule has 41 heavy (non-hydrogen) atoms. The van der Waals surface area contributed by atoms with Crippen LogP contribution in [0.25, 0.3) is 0 Å². The summed E-state index contributed by atoms with van der Waals surface area (Å²) in [5, 5.41) is 1.16. The van der Waals surface area contributed by atoms with Crippen molar-refractivity contribution < 1.29 is 4.79 Å². The molecule has 0 atom stereocenters. The molecule has 0 unspecified atom stereocenters. The van der Waals surface area contributed by atoms with Crippen molar-refractivity contribution in [1.82, 2.24) is 19.8 Å². The molecule has 6 rings (SSSR count). The molecule has 0 saturated carbocycles. The zero-order chi connectivity index (χ0) is 28.0. The highest BCUT2D eigenvalue weighted by Crippen LogP contribution is 2.30. The number of nitrogens with zero attached hydrogens (tertiary/aromatic N) is 5. The summed E-state index contributed by atoms with van der Waals surface area (Å²) >= 11 is 7.86. The van der Waals surface area contributed by atoms with Crippen LogP contribution >= 0.6 is 23.4 Å². The minimum atomic E-state index is 0.0910. The van der Waals surface area contributed by atoms with Gasteiger partial charge in [-0.05, 0) is 41.7 Å². The molecule has 2 saturated heterocycles. The summed E-state index contributed by atoms with van der Waals surface area (Å²) in [4.78, 5) is 29.2. The SMILES string of the molecule is O=C(c1ccc(CSc2nc(Cl)cc(N3CCCC3)n2)cc1)N1CCN(C(c2ccccc2)c2ccccc2)CC1. The van der Waals surface area contributed by atoms with Crippen LogP contribution in [-0.4, -0.2) is 64.9 Å². The quantitative estimate of drug-likeness (QED) is 0.133. The minimum absolute atomic E-state index is 0.0910. The van der Waals surface area contributed by atoms with Crippen LogP contribution in [-0.2, 0) is 5.75 Å². The highest BCUT2D eigenvalue weighted by atomic mass is 35.5. The van der Waals surface area contributed by atoms with E-state index in [0.29, 0.717) is 29.2 Å². The number of hydrogen-bond donors (Lipinski definition) is 0. The van der Waals surface area contributed by atoms with Crippen LogP contribution in [0.2, 0.25) is 5.15 Å². The van der Waals surface area contributed by atoms with Crippen LogP contribution in [0.5, 0.6) is 0 Å². The number of carbonyl (C=O) groups excluding carboxylic acids is 1. The molecule has 0 radical (unpaired) electrons. The predicted molar refractivity (Wildman–Crippen MR) is 167 cm³/mol. The first-order valence-electron chi connectivity index (χ1n) is 14.3. The fourth-order valence-corrected chi connectivity index (χ4v) is 6.74. The van der Waals surface area contributed by atoms with Crippen molar-refractivity contribution in [1.29, 1.82) is 0 Å². The fourth-order valence-electron chi connectivity index (χ4n) is 5.70. The number of thioether (sulfide) groups is 1. The van der Waals surface area contributed by atoms with Gasteiger partial charge in [0.25, 0.3) is 5.91 Å². The molecule has 0 bridgehead atoms. The van der Waals surface area contributed by atoms with Crippen LogP contribution in [0.4, 0.5) is 5.82 Å². The lowest BCUT2D eigenvalue weighted by Gasteiger charge is -2.39. The van der Waals surface area contributed by atoms with E-state index in [-0.39, 0.29) is 11.9 Å². The van der Waals surface area contributed by atoms with E-state index >= 15 is 0 Å². The van der Waals surface area contributed by atoms with Gasteiger partial charge in [0.15, 0.2) is 5.16 Å². The Hall–Kier alpha value is -3.39. The Kier molecular flexibility index (Phi) is 8.85. The van der Waals surface area contributed by atoms with Gasteiger partial charge in [0, 0.05) is 56.7 Å². The highest BCUT2D eigenvalue weighted by molar-refractivity contribution is 7.98. The van der Waals surface area contributed by atoms with Gasteiger partial charge in [-0.25, -0.2) is 9.97 Å². The normalized spacial score (nSPS) is 16.0. The molecule has 0 spiro atoms. The van der Waals surface area contributed by atoms with E-state index in [9.17, 15) is 4.79 Å². The van der Waals surface area contributed by atoms with Gasteiger partial charge in [0.1, 0.15) is 11.0 Å². The first-order chi connectivity index (χ1) is 20.1. The molecule has 3 heterocycles. The summed E-state index contributed by atoms with van der Waals surface area (Å²) in [7, 11) is 0. The van der Waals surface area contributed by atoms with Gasteiger partial charge < -0.3 is 9.80 Å².